The smallest absolute Gasteiger partial charge is 0.211 e. The van der Waals surface area contributed by atoms with E-state index in [-0.39, 0.29) is 16.9 Å². The number of halogens is 1. The summed E-state index contributed by atoms with van der Waals surface area (Å²) in [7, 11) is 0. The van der Waals surface area contributed by atoms with Crippen LogP contribution in [-0.2, 0) is 14.3 Å². The van der Waals surface area contributed by atoms with Gasteiger partial charge in [0, 0.05) is 18.5 Å². The van der Waals surface area contributed by atoms with Gasteiger partial charge in [-0.25, -0.2) is 0 Å². The number of allylic oxidation sites excluding steroid dienone is 2. The molecule has 1 saturated heterocycles. The van der Waals surface area contributed by atoms with Gasteiger partial charge in [-0.2, -0.15) is 0 Å². The molecule has 2 aliphatic rings. The fraction of sp³-hybridized carbons (Fsp3) is 0.158. The summed E-state index contributed by atoms with van der Waals surface area (Å²) < 4.78 is 11.8. The number of hydrogen-bond donors (Lipinski definition) is 0. The molecule has 1 aliphatic heterocycles. The number of hydrogen-bond acceptors (Lipinski definition) is 4. The van der Waals surface area contributed by atoms with Crippen LogP contribution in [0.1, 0.15) is 11.7 Å². The predicted octanol–water partition coefficient (Wildman–Crippen LogP) is 3.79. The van der Waals surface area contributed by atoms with Gasteiger partial charge in [0.05, 0.1) is 11.6 Å². The highest BCUT2D eigenvalue weighted by Gasteiger charge is 2.41. The molecule has 120 valence electrons. The van der Waals surface area contributed by atoms with E-state index in [2.05, 4.69) is 4.98 Å². The molecule has 0 bridgehead atoms. The van der Waals surface area contributed by atoms with Crippen molar-refractivity contribution in [3.05, 3.63) is 77.6 Å². The molecule has 0 saturated carbocycles. The molecule has 1 fully saturated rings. The molecular formula is C19H14ClNO3. The first kappa shape index (κ1) is 15.3. The van der Waals surface area contributed by atoms with Crippen LogP contribution >= 0.6 is 11.6 Å². The Bertz CT molecular complexity index is 829. The largest absolute Gasteiger partial charge is 0.340 e. The number of pyridine rings is 1. The van der Waals surface area contributed by atoms with E-state index in [9.17, 15) is 4.79 Å². The first-order chi connectivity index (χ1) is 11.7. The van der Waals surface area contributed by atoms with Gasteiger partial charge in [0.2, 0.25) is 5.79 Å². The molecule has 4 nitrogen and oxygen atoms in total. The maximum Gasteiger partial charge on any atom is 0.211 e. The number of ether oxygens (including phenoxy) is 2. The molecule has 1 spiro atoms. The van der Waals surface area contributed by atoms with Gasteiger partial charge in [-0.05, 0) is 34.9 Å². The fourth-order valence-electron chi connectivity index (χ4n) is 2.81. The lowest BCUT2D eigenvalue weighted by Gasteiger charge is -2.23. The molecule has 2 heterocycles. The van der Waals surface area contributed by atoms with Gasteiger partial charge in [-0.3, -0.25) is 9.78 Å². The minimum atomic E-state index is -1.04. The first-order valence-corrected chi connectivity index (χ1v) is 7.97. The van der Waals surface area contributed by atoms with Gasteiger partial charge in [-0.15, -0.1) is 0 Å². The zero-order chi connectivity index (χ0) is 16.6. The topological polar surface area (TPSA) is 48.4 Å². The predicted molar refractivity (Wildman–Crippen MR) is 90.3 cm³/mol. The minimum absolute atomic E-state index is 0.116. The highest BCUT2D eigenvalue weighted by atomic mass is 35.5. The molecule has 1 aromatic heterocycles. The summed E-state index contributed by atoms with van der Waals surface area (Å²) in [6.07, 6.45) is 7.87. The van der Waals surface area contributed by atoms with E-state index < -0.39 is 5.79 Å². The van der Waals surface area contributed by atoms with Crippen LogP contribution in [-0.4, -0.2) is 23.2 Å². The van der Waals surface area contributed by atoms with Crippen LogP contribution in [0.4, 0.5) is 0 Å². The van der Waals surface area contributed by atoms with Crippen molar-refractivity contribution in [3.63, 3.8) is 0 Å². The van der Waals surface area contributed by atoms with E-state index in [0.717, 1.165) is 16.7 Å². The molecule has 2 atom stereocenters. The lowest BCUT2D eigenvalue weighted by atomic mass is 10.0. The summed E-state index contributed by atoms with van der Waals surface area (Å²) >= 11 is 5.91. The number of carbonyl (C=O) groups excluding carboxylic acids is 1. The zero-order valence-corrected chi connectivity index (χ0v) is 13.4. The van der Waals surface area contributed by atoms with E-state index in [0.29, 0.717) is 6.61 Å². The van der Waals surface area contributed by atoms with E-state index in [1.165, 1.54) is 12.2 Å². The van der Waals surface area contributed by atoms with E-state index >= 15 is 0 Å². The van der Waals surface area contributed by atoms with Gasteiger partial charge in [-0.1, -0.05) is 41.9 Å². The molecule has 1 aliphatic carbocycles. The van der Waals surface area contributed by atoms with Crippen molar-refractivity contribution < 1.29 is 14.3 Å². The summed E-state index contributed by atoms with van der Waals surface area (Å²) in [6.45, 7) is 0.394. The van der Waals surface area contributed by atoms with E-state index in [4.69, 9.17) is 21.1 Å². The average Bonchev–Trinajstić information content (AvgIpc) is 3.03. The maximum atomic E-state index is 11.5. The second-order valence-electron chi connectivity index (χ2n) is 5.69. The van der Waals surface area contributed by atoms with Crippen LogP contribution in [0, 0.1) is 0 Å². The fourth-order valence-corrected chi connectivity index (χ4v) is 3.03. The van der Waals surface area contributed by atoms with Crippen molar-refractivity contribution in [1.82, 2.24) is 4.98 Å². The van der Waals surface area contributed by atoms with Gasteiger partial charge in [0.1, 0.15) is 6.10 Å². The monoisotopic (exact) mass is 339 g/mol. The molecular weight excluding hydrogens is 326 g/mol. The molecule has 2 aromatic rings. The van der Waals surface area contributed by atoms with Gasteiger partial charge in [0.15, 0.2) is 5.78 Å². The first-order valence-electron chi connectivity index (χ1n) is 7.59. The molecule has 5 heteroatoms. The Labute approximate surface area is 144 Å². The van der Waals surface area contributed by atoms with Crippen molar-refractivity contribution in [2.45, 2.75) is 11.9 Å². The number of carbonyl (C=O) groups is 1. The van der Waals surface area contributed by atoms with Crippen molar-refractivity contribution in [2.75, 3.05) is 6.61 Å². The third-order valence-electron chi connectivity index (χ3n) is 4.09. The molecule has 4 rings (SSSR count). The van der Waals surface area contributed by atoms with Crippen molar-refractivity contribution in [1.29, 1.82) is 0 Å². The maximum absolute atomic E-state index is 11.5. The number of benzene rings is 1. The van der Waals surface area contributed by atoms with Gasteiger partial charge < -0.3 is 9.47 Å². The summed E-state index contributed by atoms with van der Waals surface area (Å²) in [5.74, 6) is -1.28. The Morgan fingerprint density at radius 1 is 1.17 bits per heavy atom. The second-order valence-corrected chi connectivity index (χ2v) is 6.10. The Kier molecular flexibility index (Phi) is 3.81. The Morgan fingerprint density at radius 2 is 2.00 bits per heavy atom. The second kappa shape index (κ2) is 5.98. The summed E-state index contributed by atoms with van der Waals surface area (Å²) in [6, 6.07) is 12.0. The summed E-state index contributed by atoms with van der Waals surface area (Å²) in [5.41, 5.74) is 3.16. The van der Waals surface area contributed by atoms with Crippen LogP contribution in [0.5, 0.6) is 0 Å². The lowest BCUT2D eigenvalue weighted by molar-refractivity contribution is -0.114. The third kappa shape index (κ3) is 2.80. The van der Waals surface area contributed by atoms with Crippen LogP contribution < -0.4 is 0 Å². The molecule has 0 radical (unpaired) electrons. The molecule has 24 heavy (non-hydrogen) atoms. The van der Waals surface area contributed by atoms with Gasteiger partial charge >= 0.3 is 0 Å². The Balaban J connectivity index is 1.54. The SMILES string of the molecule is O=C1C=C[C@]2(C=C1Cl)OC[C@H](c1ccc(-c3cccnc3)cc1)O2. The van der Waals surface area contributed by atoms with Crippen LogP contribution in [0.2, 0.25) is 0 Å². The zero-order valence-electron chi connectivity index (χ0n) is 12.7. The number of nitrogens with zero attached hydrogens (tertiary/aromatic N) is 1. The third-order valence-corrected chi connectivity index (χ3v) is 4.39. The molecule has 1 aromatic carbocycles. The normalized spacial score (nSPS) is 26.0. The highest BCUT2D eigenvalue weighted by molar-refractivity contribution is 6.44. The highest BCUT2D eigenvalue weighted by Crippen LogP contribution is 2.38. The standard InChI is InChI=1S/C19H14ClNO3/c20-16-10-19(8-7-17(16)22)23-12-18(24-19)14-5-3-13(4-6-14)15-2-1-9-21-11-15/h1-11,18H,12H2/t18-,19+/m1/s1. The Hall–Kier alpha value is -2.27. The van der Waals surface area contributed by atoms with Crippen LogP contribution in [0.25, 0.3) is 11.1 Å². The molecule has 0 amide bonds. The van der Waals surface area contributed by atoms with Gasteiger partial charge in [0.25, 0.3) is 0 Å². The van der Waals surface area contributed by atoms with Crippen molar-refractivity contribution >= 4 is 17.4 Å². The summed E-state index contributed by atoms with van der Waals surface area (Å²) in [4.78, 5) is 15.6. The average molecular weight is 340 g/mol. The quantitative estimate of drug-likeness (QED) is 0.835. The van der Waals surface area contributed by atoms with Crippen molar-refractivity contribution in [2.24, 2.45) is 0 Å². The summed E-state index contributed by atoms with van der Waals surface area (Å²) in [5, 5.41) is 0.116. The lowest BCUT2D eigenvalue weighted by Crippen LogP contribution is -2.28. The number of rotatable bonds is 2. The number of aromatic nitrogens is 1. The van der Waals surface area contributed by atoms with Crippen LogP contribution in [0.3, 0.4) is 0 Å². The molecule has 0 unspecified atom stereocenters. The van der Waals surface area contributed by atoms with Crippen molar-refractivity contribution in [3.8, 4) is 11.1 Å². The minimum Gasteiger partial charge on any atom is -0.340 e. The Morgan fingerprint density at radius 3 is 2.71 bits per heavy atom. The van der Waals surface area contributed by atoms with E-state index in [1.54, 1.807) is 12.3 Å². The number of ketones is 1. The van der Waals surface area contributed by atoms with Crippen LogP contribution in [0.15, 0.2) is 72.1 Å². The molecule has 0 N–H and O–H groups in total. The van der Waals surface area contributed by atoms with E-state index in [1.807, 2.05) is 42.6 Å².